The minimum atomic E-state index is -0.363. The summed E-state index contributed by atoms with van der Waals surface area (Å²) in [6.45, 7) is 3.90. The summed E-state index contributed by atoms with van der Waals surface area (Å²) in [5, 5.41) is 6.46. The fraction of sp³-hybridized carbons (Fsp3) is 0.154. The first kappa shape index (κ1) is 19.9. The first-order valence-electron chi connectivity index (χ1n) is 10.5. The lowest BCUT2D eigenvalue weighted by Gasteiger charge is -2.31. The molecule has 0 fully saturated rings. The van der Waals surface area contributed by atoms with Gasteiger partial charge in [0.2, 0.25) is 5.95 Å². The summed E-state index contributed by atoms with van der Waals surface area (Å²) >= 11 is 0. The van der Waals surface area contributed by atoms with Crippen LogP contribution in [0.3, 0.4) is 0 Å². The fourth-order valence-corrected chi connectivity index (χ4v) is 4.29. The number of amides is 1. The lowest BCUT2D eigenvalue weighted by atomic mass is 9.94. The monoisotopic (exact) mass is 424 g/mol. The number of benzene rings is 3. The number of fused-ring (bicyclic) bond motifs is 3. The Balaban J connectivity index is 1.68. The standard InChI is InChI=1S/C26H24N4O2/c1-16-9-4-5-12-20(16)28-25(31)23-17(2)27-26-29-21-13-6-7-14-22(21)30(26)24(23)18-10-8-11-19(15-18)32-3/h4-15,24H,1-3H3,(H,27,29)(H,28,31)/t24-/m1/s1. The third-order valence-corrected chi connectivity index (χ3v) is 5.88. The number of nitrogens with zero attached hydrogens (tertiary/aromatic N) is 2. The average molecular weight is 425 g/mol. The normalized spacial score (nSPS) is 15.3. The molecule has 0 spiro atoms. The average Bonchev–Trinajstić information content (AvgIpc) is 3.17. The molecule has 6 heteroatoms. The van der Waals surface area contributed by atoms with Crippen molar-refractivity contribution in [3.63, 3.8) is 0 Å². The molecule has 1 atom stereocenters. The molecule has 6 nitrogen and oxygen atoms in total. The summed E-state index contributed by atoms with van der Waals surface area (Å²) in [6, 6.07) is 23.2. The Kier molecular flexibility index (Phi) is 4.90. The van der Waals surface area contributed by atoms with Gasteiger partial charge in [-0.3, -0.25) is 9.36 Å². The highest BCUT2D eigenvalue weighted by Crippen LogP contribution is 2.40. The van der Waals surface area contributed by atoms with Gasteiger partial charge in [-0.05, 0) is 55.3 Å². The van der Waals surface area contributed by atoms with E-state index in [9.17, 15) is 4.79 Å². The Morgan fingerprint density at radius 2 is 1.81 bits per heavy atom. The zero-order valence-corrected chi connectivity index (χ0v) is 18.2. The number of imidazole rings is 1. The van der Waals surface area contributed by atoms with Gasteiger partial charge in [0, 0.05) is 11.4 Å². The molecule has 160 valence electrons. The van der Waals surface area contributed by atoms with Crippen molar-refractivity contribution in [3.05, 3.63) is 95.2 Å². The van der Waals surface area contributed by atoms with Crippen LogP contribution >= 0.6 is 0 Å². The summed E-state index contributed by atoms with van der Waals surface area (Å²) in [4.78, 5) is 18.4. The molecule has 3 aromatic carbocycles. The number of para-hydroxylation sites is 3. The number of ether oxygens (including phenoxy) is 1. The molecule has 1 amide bonds. The Hall–Kier alpha value is -4.06. The van der Waals surface area contributed by atoms with Gasteiger partial charge in [-0.25, -0.2) is 4.98 Å². The highest BCUT2D eigenvalue weighted by molar-refractivity contribution is 6.06. The SMILES string of the molecule is COc1cccc([C@@H]2C(C(=O)Nc3ccccc3C)=C(C)Nc3nc4ccccc4n32)c1. The predicted molar refractivity (Wildman–Crippen MR) is 127 cm³/mol. The third-order valence-electron chi connectivity index (χ3n) is 5.88. The molecular weight excluding hydrogens is 400 g/mol. The summed E-state index contributed by atoms with van der Waals surface area (Å²) in [6.07, 6.45) is 0. The van der Waals surface area contributed by atoms with Gasteiger partial charge in [-0.2, -0.15) is 0 Å². The number of aromatic nitrogens is 2. The van der Waals surface area contributed by atoms with E-state index < -0.39 is 0 Å². The highest BCUT2D eigenvalue weighted by Gasteiger charge is 2.34. The van der Waals surface area contributed by atoms with Crippen LogP contribution < -0.4 is 15.4 Å². The van der Waals surface area contributed by atoms with Crippen molar-refractivity contribution >= 4 is 28.6 Å². The molecule has 0 aliphatic carbocycles. The van der Waals surface area contributed by atoms with Crippen LogP contribution in [0, 0.1) is 6.92 Å². The lowest BCUT2D eigenvalue weighted by Crippen LogP contribution is -2.31. The molecule has 0 unspecified atom stereocenters. The van der Waals surface area contributed by atoms with Gasteiger partial charge in [0.1, 0.15) is 5.75 Å². The van der Waals surface area contributed by atoms with Gasteiger partial charge in [0.05, 0.1) is 29.8 Å². The molecule has 0 saturated heterocycles. The number of rotatable bonds is 4. The zero-order valence-electron chi connectivity index (χ0n) is 18.2. The molecule has 0 saturated carbocycles. The predicted octanol–water partition coefficient (Wildman–Crippen LogP) is 5.28. The van der Waals surface area contributed by atoms with Crippen LogP contribution in [0.4, 0.5) is 11.6 Å². The minimum Gasteiger partial charge on any atom is -0.497 e. The van der Waals surface area contributed by atoms with Crippen LogP contribution in [0.25, 0.3) is 11.0 Å². The van der Waals surface area contributed by atoms with Crippen molar-refractivity contribution in [2.75, 3.05) is 17.7 Å². The quantitative estimate of drug-likeness (QED) is 0.468. The Labute approximate surface area is 186 Å². The molecule has 0 bridgehead atoms. The number of hydrogen-bond acceptors (Lipinski definition) is 4. The third kappa shape index (κ3) is 3.30. The van der Waals surface area contributed by atoms with Crippen molar-refractivity contribution in [2.45, 2.75) is 19.9 Å². The molecule has 2 N–H and O–H groups in total. The van der Waals surface area contributed by atoms with Gasteiger partial charge in [-0.15, -0.1) is 0 Å². The van der Waals surface area contributed by atoms with E-state index in [-0.39, 0.29) is 11.9 Å². The van der Waals surface area contributed by atoms with E-state index in [1.165, 1.54) is 0 Å². The van der Waals surface area contributed by atoms with E-state index in [0.29, 0.717) is 11.5 Å². The van der Waals surface area contributed by atoms with Crippen molar-refractivity contribution in [1.29, 1.82) is 0 Å². The fourth-order valence-electron chi connectivity index (χ4n) is 4.29. The van der Waals surface area contributed by atoms with Gasteiger partial charge in [0.15, 0.2) is 0 Å². The molecule has 2 heterocycles. The second-order valence-corrected chi connectivity index (χ2v) is 7.91. The van der Waals surface area contributed by atoms with Gasteiger partial charge >= 0.3 is 0 Å². The van der Waals surface area contributed by atoms with Crippen LogP contribution in [0.15, 0.2) is 84.1 Å². The van der Waals surface area contributed by atoms with Gasteiger partial charge < -0.3 is 15.4 Å². The number of aryl methyl sites for hydroxylation is 1. The topological polar surface area (TPSA) is 68.2 Å². The second-order valence-electron chi connectivity index (χ2n) is 7.91. The molecule has 5 rings (SSSR count). The van der Waals surface area contributed by atoms with E-state index >= 15 is 0 Å². The van der Waals surface area contributed by atoms with Crippen LogP contribution in [-0.2, 0) is 4.79 Å². The molecule has 4 aromatic rings. The highest BCUT2D eigenvalue weighted by atomic mass is 16.5. The molecule has 1 aliphatic heterocycles. The molecule has 1 aromatic heterocycles. The van der Waals surface area contributed by atoms with Crippen molar-refractivity contribution in [3.8, 4) is 5.75 Å². The van der Waals surface area contributed by atoms with Crippen LogP contribution in [0.1, 0.15) is 24.1 Å². The van der Waals surface area contributed by atoms with Crippen LogP contribution in [-0.4, -0.2) is 22.6 Å². The number of allylic oxidation sites excluding steroid dienone is 1. The summed E-state index contributed by atoms with van der Waals surface area (Å²) in [5.74, 6) is 1.30. The maximum absolute atomic E-state index is 13.7. The van der Waals surface area contributed by atoms with Gasteiger partial charge in [0.25, 0.3) is 5.91 Å². The summed E-state index contributed by atoms with van der Waals surface area (Å²) in [7, 11) is 1.65. The van der Waals surface area contributed by atoms with Crippen LogP contribution in [0.2, 0.25) is 0 Å². The first-order valence-corrected chi connectivity index (χ1v) is 10.5. The largest absolute Gasteiger partial charge is 0.497 e. The maximum atomic E-state index is 13.7. The minimum absolute atomic E-state index is 0.152. The Bertz CT molecular complexity index is 1370. The van der Waals surface area contributed by atoms with E-state index in [1.807, 2.05) is 86.6 Å². The molecule has 1 aliphatic rings. The van der Waals surface area contributed by atoms with E-state index in [2.05, 4.69) is 15.2 Å². The number of hydrogen-bond donors (Lipinski definition) is 2. The number of anilines is 2. The van der Waals surface area contributed by atoms with Crippen molar-refractivity contribution in [2.24, 2.45) is 0 Å². The van der Waals surface area contributed by atoms with Gasteiger partial charge in [-0.1, -0.05) is 42.5 Å². The first-order chi connectivity index (χ1) is 15.6. The van der Waals surface area contributed by atoms with Crippen molar-refractivity contribution in [1.82, 2.24) is 9.55 Å². The number of nitrogens with one attached hydrogen (secondary N) is 2. The summed E-state index contributed by atoms with van der Waals surface area (Å²) < 4.78 is 7.57. The molecule has 0 radical (unpaired) electrons. The number of carbonyl (C=O) groups is 1. The lowest BCUT2D eigenvalue weighted by molar-refractivity contribution is -0.113. The molecular formula is C26H24N4O2. The van der Waals surface area contributed by atoms with Crippen molar-refractivity contribution < 1.29 is 9.53 Å². The summed E-state index contributed by atoms with van der Waals surface area (Å²) in [5.41, 5.74) is 5.99. The van der Waals surface area contributed by atoms with E-state index in [0.717, 1.165) is 39.3 Å². The molecule has 32 heavy (non-hydrogen) atoms. The number of methoxy groups -OCH3 is 1. The van der Waals surface area contributed by atoms with E-state index in [1.54, 1.807) is 7.11 Å². The smallest absolute Gasteiger partial charge is 0.255 e. The van der Waals surface area contributed by atoms with Crippen LogP contribution in [0.5, 0.6) is 5.75 Å². The second kappa shape index (κ2) is 7.89. The Morgan fingerprint density at radius 1 is 1.03 bits per heavy atom. The van der Waals surface area contributed by atoms with E-state index in [4.69, 9.17) is 9.72 Å². The number of carbonyl (C=O) groups excluding carboxylic acids is 1. The zero-order chi connectivity index (χ0) is 22.2. The maximum Gasteiger partial charge on any atom is 0.255 e. The Morgan fingerprint density at radius 3 is 2.62 bits per heavy atom.